The van der Waals surface area contributed by atoms with Gasteiger partial charge in [-0.2, -0.15) is 5.26 Å². The number of hydrogen-bond donors (Lipinski definition) is 2. The third-order valence-electron chi connectivity index (χ3n) is 4.63. The Labute approximate surface area is 149 Å². The number of nitriles is 1. The summed E-state index contributed by atoms with van der Waals surface area (Å²) in [5.41, 5.74) is 1.25. The van der Waals surface area contributed by atoms with E-state index in [0.717, 1.165) is 25.9 Å². The van der Waals surface area contributed by atoms with Crippen LogP contribution in [0.5, 0.6) is 0 Å². The van der Waals surface area contributed by atoms with Crippen molar-refractivity contribution in [2.75, 3.05) is 18.4 Å². The molecule has 134 valence electrons. The molecule has 25 heavy (non-hydrogen) atoms. The Morgan fingerprint density at radius 3 is 2.48 bits per heavy atom. The van der Waals surface area contributed by atoms with Crippen molar-refractivity contribution in [3.8, 4) is 6.07 Å². The van der Waals surface area contributed by atoms with Crippen LogP contribution in [0.3, 0.4) is 0 Å². The molecule has 0 aromatic heterocycles. The molecule has 1 aliphatic rings. The molecule has 1 unspecified atom stereocenters. The lowest BCUT2D eigenvalue weighted by Crippen LogP contribution is -2.38. The van der Waals surface area contributed by atoms with Gasteiger partial charge in [-0.15, -0.1) is 0 Å². The molecule has 3 amide bonds. The van der Waals surface area contributed by atoms with E-state index in [1.54, 1.807) is 24.3 Å². The van der Waals surface area contributed by atoms with Gasteiger partial charge in [-0.05, 0) is 49.4 Å². The summed E-state index contributed by atoms with van der Waals surface area (Å²) in [5, 5.41) is 14.2. The summed E-state index contributed by atoms with van der Waals surface area (Å²) in [5.74, 6) is 0.727. The van der Waals surface area contributed by atoms with Crippen molar-refractivity contribution in [2.24, 2.45) is 5.92 Å². The van der Waals surface area contributed by atoms with Gasteiger partial charge in [0.15, 0.2) is 0 Å². The zero-order valence-electron chi connectivity index (χ0n) is 14.9. The Kier molecular flexibility index (Phi) is 6.81. The molecule has 1 aromatic rings. The first-order valence-electron chi connectivity index (χ1n) is 8.87. The molecule has 0 saturated carbocycles. The number of piperidine rings is 1. The summed E-state index contributed by atoms with van der Waals surface area (Å²) in [6.07, 6.45) is 3.08. The Morgan fingerprint density at radius 1 is 1.28 bits per heavy atom. The van der Waals surface area contributed by atoms with Gasteiger partial charge >= 0.3 is 6.03 Å². The molecule has 1 atom stereocenters. The minimum Gasteiger partial charge on any atom is -0.339 e. The number of rotatable bonds is 5. The Morgan fingerprint density at radius 2 is 1.92 bits per heavy atom. The monoisotopic (exact) mass is 342 g/mol. The molecule has 2 rings (SSSR count). The lowest BCUT2D eigenvalue weighted by atomic mass is 9.98. The number of carbonyl (C=O) groups is 2. The minimum atomic E-state index is -0.341. The highest BCUT2D eigenvalue weighted by molar-refractivity contribution is 5.95. The number of nitrogens with one attached hydrogen (secondary N) is 2. The minimum absolute atomic E-state index is 0.0444. The number of likely N-dealkylation sites (tertiary alicyclic amines) is 1. The van der Waals surface area contributed by atoms with Crippen LogP contribution in [0.1, 0.15) is 49.9 Å². The summed E-state index contributed by atoms with van der Waals surface area (Å²) in [7, 11) is 0. The van der Waals surface area contributed by atoms with E-state index in [0.29, 0.717) is 23.6 Å². The van der Waals surface area contributed by atoms with Crippen LogP contribution in [-0.4, -0.2) is 36.0 Å². The van der Waals surface area contributed by atoms with Crippen molar-refractivity contribution in [3.05, 3.63) is 29.8 Å². The number of urea groups is 1. The van der Waals surface area contributed by atoms with Gasteiger partial charge in [0.05, 0.1) is 12.5 Å². The fraction of sp³-hybridized carbons (Fsp3) is 0.526. The molecule has 0 aliphatic carbocycles. The molecular weight excluding hydrogens is 316 g/mol. The number of amides is 3. The fourth-order valence-corrected chi connectivity index (χ4v) is 2.85. The average Bonchev–Trinajstić information content (AvgIpc) is 2.62. The van der Waals surface area contributed by atoms with Crippen molar-refractivity contribution < 1.29 is 9.59 Å². The predicted octanol–water partition coefficient (Wildman–Crippen LogP) is 3.37. The third-order valence-corrected chi connectivity index (χ3v) is 4.63. The van der Waals surface area contributed by atoms with Crippen LogP contribution < -0.4 is 10.6 Å². The van der Waals surface area contributed by atoms with Crippen LogP contribution in [0.25, 0.3) is 0 Å². The zero-order valence-corrected chi connectivity index (χ0v) is 14.9. The van der Waals surface area contributed by atoms with Crippen molar-refractivity contribution in [1.29, 1.82) is 5.26 Å². The number of nitrogens with zero attached hydrogens (tertiary/aromatic N) is 2. The fourth-order valence-electron chi connectivity index (χ4n) is 2.85. The molecule has 0 radical (unpaired) electrons. The third kappa shape index (κ3) is 5.49. The number of anilines is 1. The van der Waals surface area contributed by atoms with Gasteiger partial charge in [-0.25, -0.2) is 4.79 Å². The number of carbonyl (C=O) groups excluding carboxylic acids is 2. The smallest absolute Gasteiger partial charge is 0.319 e. The van der Waals surface area contributed by atoms with Gasteiger partial charge < -0.3 is 15.5 Å². The van der Waals surface area contributed by atoms with E-state index in [2.05, 4.69) is 23.6 Å². The first-order chi connectivity index (χ1) is 12.0. The summed E-state index contributed by atoms with van der Waals surface area (Å²) in [6.45, 7) is 5.75. The molecule has 0 bridgehead atoms. The van der Waals surface area contributed by atoms with E-state index >= 15 is 0 Å². The highest BCUT2D eigenvalue weighted by atomic mass is 16.2. The maximum Gasteiger partial charge on any atom is 0.319 e. The van der Waals surface area contributed by atoms with Crippen LogP contribution in [0, 0.1) is 17.2 Å². The van der Waals surface area contributed by atoms with Crippen LogP contribution in [0.4, 0.5) is 10.5 Å². The van der Waals surface area contributed by atoms with Gasteiger partial charge in [0.25, 0.3) is 5.91 Å². The molecule has 1 fully saturated rings. The molecular formula is C19H26N4O2. The number of hydrogen-bond acceptors (Lipinski definition) is 3. The van der Waals surface area contributed by atoms with Crippen LogP contribution >= 0.6 is 0 Å². The molecule has 1 saturated heterocycles. The number of benzene rings is 1. The van der Waals surface area contributed by atoms with Crippen LogP contribution in [0.15, 0.2) is 24.3 Å². The first kappa shape index (κ1) is 18.8. The first-order valence-corrected chi connectivity index (χ1v) is 8.87. The van der Waals surface area contributed by atoms with E-state index in [-0.39, 0.29) is 24.4 Å². The van der Waals surface area contributed by atoms with Gasteiger partial charge in [-0.1, -0.05) is 13.8 Å². The van der Waals surface area contributed by atoms with Crippen molar-refractivity contribution in [3.63, 3.8) is 0 Å². The maximum absolute atomic E-state index is 12.5. The molecule has 2 N–H and O–H groups in total. The van der Waals surface area contributed by atoms with E-state index in [1.165, 1.54) is 0 Å². The van der Waals surface area contributed by atoms with Gasteiger partial charge in [0.2, 0.25) is 0 Å². The van der Waals surface area contributed by atoms with E-state index in [9.17, 15) is 9.59 Å². The quantitative estimate of drug-likeness (QED) is 0.860. The molecule has 1 aromatic carbocycles. The molecule has 1 aliphatic heterocycles. The largest absolute Gasteiger partial charge is 0.339 e. The van der Waals surface area contributed by atoms with E-state index < -0.39 is 0 Å². The second kappa shape index (κ2) is 9.07. The topological polar surface area (TPSA) is 85.2 Å². The second-order valence-corrected chi connectivity index (χ2v) is 6.62. The SMILES string of the molecule is CCC(CC#N)NC(=O)Nc1ccc(C(=O)N2CCC(C)CC2)cc1. The Bertz CT molecular complexity index is 628. The Balaban J connectivity index is 1.90. The lowest BCUT2D eigenvalue weighted by Gasteiger charge is -2.30. The predicted molar refractivity (Wildman–Crippen MR) is 97.2 cm³/mol. The molecule has 0 spiro atoms. The van der Waals surface area contributed by atoms with Gasteiger partial charge in [0.1, 0.15) is 0 Å². The zero-order chi connectivity index (χ0) is 18.2. The highest BCUT2D eigenvalue weighted by Gasteiger charge is 2.21. The average molecular weight is 342 g/mol. The van der Waals surface area contributed by atoms with Crippen molar-refractivity contribution >= 4 is 17.6 Å². The van der Waals surface area contributed by atoms with Gasteiger partial charge in [-0.3, -0.25) is 4.79 Å². The molecule has 1 heterocycles. The summed E-state index contributed by atoms with van der Waals surface area (Å²) in [4.78, 5) is 26.3. The summed E-state index contributed by atoms with van der Waals surface area (Å²) in [6, 6.07) is 8.49. The van der Waals surface area contributed by atoms with E-state index in [1.807, 2.05) is 11.8 Å². The van der Waals surface area contributed by atoms with Crippen molar-refractivity contribution in [2.45, 2.75) is 45.6 Å². The molecule has 6 heteroatoms. The summed E-state index contributed by atoms with van der Waals surface area (Å²) < 4.78 is 0. The summed E-state index contributed by atoms with van der Waals surface area (Å²) >= 11 is 0. The standard InChI is InChI=1S/C19H26N4O2/c1-3-16(8-11-20)21-19(25)22-17-6-4-15(5-7-17)18(24)23-12-9-14(2)10-13-23/h4-7,14,16H,3,8-10,12-13H2,1-2H3,(H2,21,22,25). The van der Waals surface area contributed by atoms with Gasteiger partial charge in [0, 0.05) is 30.4 Å². The lowest BCUT2D eigenvalue weighted by molar-refractivity contribution is 0.0697. The van der Waals surface area contributed by atoms with Crippen LogP contribution in [-0.2, 0) is 0 Å². The normalized spacial score (nSPS) is 16.0. The highest BCUT2D eigenvalue weighted by Crippen LogP contribution is 2.19. The van der Waals surface area contributed by atoms with Crippen molar-refractivity contribution in [1.82, 2.24) is 10.2 Å². The van der Waals surface area contributed by atoms with Crippen LogP contribution in [0.2, 0.25) is 0 Å². The Hall–Kier alpha value is -2.55. The maximum atomic E-state index is 12.5. The van der Waals surface area contributed by atoms with E-state index in [4.69, 9.17) is 5.26 Å². The second-order valence-electron chi connectivity index (χ2n) is 6.62. The molecule has 6 nitrogen and oxygen atoms in total.